The van der Waals surface area contributed by atoms with Crippen molar-refractivity contribution in [3.8, 4) is 5.88 Å². The fraction of sp³-hybridized carbons (Fsp3) is 0. The standard InChI is InChI=1S/C17H13N5O/c23-16-15(9-11-6-7-13-14(8-11)19-10-18-13)21-17(22-16)20-12-4-2-1-3-5-12/h1-10,23H,(H2,20,21,22). The molecule has 0 atom stereocenters. The average molecular weight is 303 g/mol. The van der Waals surface area contributed by atoms with Gasteiger partial charge in [-0.05, 0) is 35.6 Å². The van der Waals surface area contributed by atoms with Crippen molar-refractivity contribution in [2.24, 2.45) is 9.98 Å². The lowest BCUT2D eigenvalue weighted by atomic mass is 10.2. The van der Waals surface area contributed by atoms with Gasteiger partial charge in [-0.25, -0.2) is 9.98 Å². The van der Waals surface area contributed by atoms with Crippen molar-refractivity contribution < 1.29 is 5.11 Å². The Kier molecular flexibility index (Phi) is 3.12. The Morgan fingerprint density at radius 3 is 2.83 bits per heavy atom. The summed E-state index contributed by atoms with van der Waals surface area (Å²) in [7, 11) is 0. The number of aromatic amines is 1. The van der Waals surface area contributed by atoms with Crippen molar-refractivity contribution in [1.82, 2.24) is 9.97 Å². The highest BCUT2D eigenvalue weighted by Gasteiger charge is 2.07. The molecule has 1 aliphatic rings. The van der Waals surface area contributed by atoms with Crippen LogP contribution >= 0.6 is 0 Å². The molecule has 3 N–H and O–H groups in total. The van der Waals surface area contributed by atoms with Gasteiger partial charge < -0.3 is 15.4 Å². The number of H-pyrrole nitrogens is 1. The zero-order valence-corrected chi connectivity index (χ0v) is 12.1. The normalized spacial score (nSPS) is 13.0. The number of anilines is 2. The number of hydrogen-bond acceptors (Lipinski definition) is 5. The second-order valence-corrected chi connectivity index (χ2v) is 5.08. The number of imidazole rings is 1. The number of para-hydroxylation sites is 1. The molecular formula is C17H13N5O. The van der Waals surface area contributed by atoms with E-state index in [4.69, 9.17) is 0 Å². The highest BCUT2D eigenvalue weighted by atomic mass is 16.3. The quantitative estimate of drug-likeness (QED) is 0.691. The van der Waals surface area contributed by atoms with Crippen molar-refractivity contribution in [3.63, 3.8) is 0 Å². The largest absolute Gasteiger partial charge is 0.492 e. The third-order valence-corrected chi connectivity index (χ3v) is 3.45. The maximum atomic E-state index is 10.0. The summed E-state index contributed by atoms with van der Waals surface area (Å²) in [6.07, 6.45) is 3.34. The van der Waals surface area contributed by atoms with Crippen LogP contribution < -0.4 is 15.9 Å². The second kappa shape index (κ2) is 5.42. The van der Waals surface area contributed by atoms with Crippen molar-refractivity contribution in [1.29, 1.82) is 0 Å². The average Bonchev–Trinajstić information content (AvgIpc) is 3.15. The van der Waals surface area contributed by atoms with Gasteiger partial charge in [-0.15, -0.1) is 0 Å². The first kappa shape index (κ1) is 13.3. The van der Waals surface area contributed by atoms with Gasteiger partial charge in [0.1, 0.15) is 12.0 Å². The molecule has 0 amide bonds. The summed E-state index contributed by atoms with van der Waals surface area (Å²) in [5.41, 5.74) is 2.24. The summed E-state index contributed by atoms with van der Waals surface area (Å²) < 4.78 is 0. The number of hydrogen-bond donors (Lipinski definition) is 3. The Morgan fingerprint density at radius 2 is 1.96 bits per heavy atom. The fourth-order valence-electron chi connectivity index (χ4n) is 2.36. The smallest absolute Gasteiger partial charge is 0.238 e. The zero-order valence-electron chi connectivity index (χ0n) is 12.1. The molecule has 2 heterocycles. The molecule has 0 radical (unpaired) electrons. The van der Waals surface area contributed by atoms with Crippen molar-refractivity contribution in [2.45, 2.75) is 0 Å². The molecule has 1 aromatic heterocycles. The molecule has 4 rings (SSSR count). The van der Waals surface area contributed by atoms with E-state index >= 15 is 0 Å². The Balaban J connectivity index is 1.66. The molecule has 0 saturated carbocycles. The topological polar surface area (TPSA) is 85.7 Å². The van der Waals surface area contributed by atoms with Gasteiger partial charge >= 0.3 is 0 Å². The number of nitrogens with one attached hydrogen (secondary N) is 2. The molecule has 6 heteroatoms. The summed E-state index contributed by atoms with van der Waals surface area (Å²) in [4.78, 5) is 15.4. The van der Waals surface area contributed by atoms with Crippen LogP contribution in [0.15, 0.2) is 58.5 Å². The van der Waals surface area contributed by atoms with E-state index < -0.39 is 0 Å². The maximum Gasteiger partial charge on any atom is 0.238 e. The number of nitrogens with zero attached hydrogens (tertiary/aromatic N) is 3. The van der Waals surface area contributed by atoms with Crippen LogP contribution in [0.4, 0.5) is 17.3 Å². The maximum absolute atomic E-state index is 10.0. The van der Waals surface area contributed by atoms with E-state index in [2.05, 4.69) is 25.3 Å². The number of benzene rings is 2. The van der Waals surface area contributed by atoms with Crippen LogP contribution in [0, 0.1) is 0 Å². The van der Waals surface area contributed by atoms with Gasteiger partial charge in [-0.1, -0.05) is 24.3 Å². The molecule has 0 bridgehead atoms. The van der Waals surface area contributed by atoms with Crippen molar-refractivity contribution in [3.05, 3.63) is 64.8 Å². The van der Waals surface area contributed by atoms with Crippen LogP contribution in [0.5, 0.6) is 5.88 Å². The minimum absolute atomic E-state index is 0.0582. The van der Waals surface area contributed by atoms with Gasteiger partial charge in [0.05, 0.1) is 11.0 Å². The highest BCUT2D eigenvalue weighted by Crippen LogP contribution is 2.20. The fourth-order valence-corrected chi connectivity index (χ4v) is 2.36. The predicted octanol–water partition coefficient (Wildman–Crippen LogP) is 1.98. The monoisotopic (exact) mass is 303 g/mol. The molecule has 2 aromatic carbocycles. The Bertz CT molecular complexity index is 1010. The van der Waals surface area contributed by atoms with Gasteiger partial charge in [-0.3, -0.25) is 0 Å². The van der Waals surface area contributed by atoms with E-state index in [9.17, 15) is 5.11 Å². The van der Waals surface area contributed by atoms with E-state index in [0.717, 1.165) is 22.0 Å². The van der Waals surface area contributed by atoms with Crippen molar-refractivity contribution in [2.75, 3.05) is 5.32 Å². The molecule has 0 unspecified atom stereocenters. The van der Waals surface area contributed by atoms with Crippen LogP contribution in [0.25, 0.3) is 6.08 Å². The van der Waals surface area contributed by atoms with Gasteiger partial charge in [-0.2, -0.15) is 4.98 Å². The molecule has 0 spiro atoms. The molecule has 112 valence electrons. The lowest BCUT2D eigenvalue weighted by Gasteiger charge is -2.00. The zero-order chi connectivity index (χ0) is 15.6. The predicted molar refractivity (Wildman–Crippen MR) is 88.9 cm³/mol. The summed E-state index contributed by atoms with van der Waals surface area (Å²) in [5, 5.41) is 14.9. The number of aromatic hydroxyl groups is 1. The minimum Gasteiger partial charge on any atom is -0.492 e. The Labute approximate surface area is 131 Å². The third kappa shape index (κ3) is 2.69. The van der Waals surface area contributed by atoms with E-state index in [1.54, 1.807) is 0 Å². The summed E-state index contributed by atoms with van der Waals surface area (Å²) >= 11 is 0. The second-order valence-electron chi connectivity index (χ2n) is 5.08. The number of fused-ring (bicyclic) bond motifs is 1. The molecule has 0 saturated heterocycles. The van der Waals surface area contributed by atoms with E-state index in [-0.39, 0.29) is 5.88 Å². The van der Waals surface area contributed by atoms with Gasteiger partial charge in [0.25, 0.3) is 0 Å². The molecule has 3 aromatic rings. The lowest BCUT2D eigenvalue weighted by molar-refractivity contribution is 0.455. The molecule has 23 heavy (non-hydrogen) atoms. The van der Waals surface area contributed by atoms with Gasteiger partial charge in [0, 0.05) is 5.69 Å². The molecular weight excluding hydrogens is 290 g/mol. The Morgan fingerprint density at radius 1 is 1.09 bits per heavy atom. The minimum atomic E-state index is -0.0582. The molecule has 0 fully saturated rings. The highest BCUT2D eigenvalue weighted by molar-refractivity contribution is 5.67. The van der Waals surface area contributed by atoms with Crippen LogP contribution in [-0.4, -0.2) is 21.4 Å². The first-order valence-electron chi connectivity index (χ1n) is 7.11. The van der Waals surface area contributed by atoms with Crippen LogP contribution in [-0.2, 0) is 0 Å². The first-order valence-corrected chi connectivity index (χ1v) is 7.11. The number of aromatic nitrogens is 2. The molecule has 1 aliphatic heterocycles. The third-order valence-electron chi connectivity index (χ3n) is 3.45. The number of aliphatic imine (C=N–C) groups is 1. The van der Waals surface area contributed by atoms with Crippen molar-refractivity contribution >= 4 is 29.7 Å². The summed E-state index contributed by atoms with van der Waals surface area (Å²) in [6, 6.07) is 15.4. The van der Waals surface area contributed by atoms with E-state index in [1.165, 1.54) is 6.34 Å². The van der Waals surface area contributed by atoms with Crippen LogP contribution in [0.2, 0.25) is 0 Å². The first-order chi connectivity index (χ1) is 11.3. The lowest BCUT2D eigenvalue weighted by Crippen LogP contribution is -2.07. The summed E-state index contributed by atoms with van der Waals surface area (Å²) in [5.74, 6) is 0.422. The SMILES string of the molecule is Oc1nc(Nc2ccccc2)[nH]c1C=c1ccc2c(c1)N=CN=2. The van der Waals surface area contributed by atoms with Gasteiger partial charge in [0.2, 0.25) is 11.8 Å². The van der Waals surface area contributed by atoms with E-state index in [1.807, 2.05) is 54.6 Å². The van der Waals surface area contributed by atoms with E-state index in [0.29, 0.717) is 11.6 Å². The van der Waals surface area contributed by atoms with Crippen LogP contribution in [0.3, 0.4) is 0 Å². The summed E-state index contributed by atoms with van der Waals surface area (Å²) in [6.45, 7) is 0. The van der Waals surface area contributed by atoms with Crippen LogP contribution in [0.1, 0.15) is 5.69 Å². The molecule has 6 nitrogen and oxygen atoms in total. The number of rotatable bonds is 3. The Hall–Kier alpha value is -3.41. The molecule has 0 aliphatic carbocycles. The van der Waals surface area contributed by atoms with Gasteiger partial charge in [0.15, 0.2) is 0 Å².